The highest BCUT2D eigenvalue weighted by atomic mass is 19.1. The van der Waals surface area contributed by atoms with Gasteiger partial charge in [-0.2, -0.15) is 0 Å². The van der Waals surface area contributed by atoms with Gasteiger partial charge in [0.15, 0.2) is 17.2 Å². The number of carbonyl (C=O) groups is 3. The lowest BCUT2D eigenvalue weighted by atomic mass is 9.46. The molecule has 194 valence electrons. The summed E-state index contributed by atoms with van der Waals surface area (Å²) >= 11 is 0. The van der Waals surface area contributed by atoms with E-state index in [2.05, 4.69) is 13.8 Å². The lowest BCUT2D eigenvalue weighted by molar-refractivity contribution is -0.232. The Kier molecular flexibility index (Phi) is 5.76. The molecule has 1 saturated heterocycles. The number of ether oxygens (including phenoxy) is 4. The minimum atomic E-state index is -1.35. The molecule has 8 heteroatoms. The zero-order valence-corrected chi connectivity index (χ0v) is 21.4. The van der Waals surface area contributed by atoms with Crippen molar-refractivity contribution in [2.75, 3.05) is 6.79 Å². The third-order valence-corrected chi connectivity index (χ3v) is 9.93. The van der Waals surface area contributed by atoms with Gasteiger partial charge in [-0.3, -0.25) is 9.59 Å². The maximum absolute atomic E-state index is 15.6. The number of carbonyl (C=O) groups excluding carboxylic acids is 3. The van der Waals surface area contributed by atoms with Crippen LogP contribution in [0.15, 0.2) is 11.6 Å². The molecule has 0 aromatic carbocycles. The van der Waals surface area contributed by atoms with Gasteiger partial charge in [0, 0.05) is 18.3 Å². The van der Waals surface area contributed by atoms with Crippen LogP contribution in [0.2, 0.25) is 0 Å². The van der Waals surface area contributed by atoms with Crippen molar-refractivity contribution in [2.24, 2.45) is 28.6 Å². The number of halogens is 1. The summed E-state index contributed by atoms with van der Waals surface area (Å²) in [5.41, 5.74) is -1.66. The quantitative estimate of drug-likeness (QED) is 0.424. The van der Waals surface area contributed by atoms with Crippen molar-refractivity contribution in [3.05, 3.63) is 11.6 Å². The fourth-order valence-corrected chi connectivity index (χ4v) is 8.37. The van der Waals surface area contributed by atoms with E-state index in [1.54, 1.807) is 26.8 Å². The van der Waals surface area contributed by atoms with Crippen molar-refractivity contribution in [3.63, 3.8) is 0 Å². The van der Waals surface area contributed by atoms with E-state index >= 15 is 4.39 Å². The Bertz CT molecular complexity index is 975. The topological polar surface area (TPSA) is 88.1 Å². The van der Waals surface area contributed by atoms with Gasteiger partial charge in [0.1, 0.15) is 12.3 Å². The summed E-state index contributed by atoms with van der Waals surface area (Å²) in [6, 6.07) is 0. The lowest BCUT2D eigenvalue weighted by Crippen LogP contribution is -2.61. The molecule has 35 heavy (non-hydrogen) atoms. The van der Waals surface area contributed by atoms with Gasteiger partial charge in [-0.15, -0.1) is 0 Å². The molecule has 0 radical (unpaired) electrons. The number of esters is 2. The van der Waals surface area contributed by atoms with Crippen LogP contribution in [-0.2, 0) is 33.3 Å². The molecule has 5 aliphatic rings. The SMILES string of the molecule is CCC(=O)OCOC(=O)C12OC(C)(C)OC1CC1C3CC(F)C4=CC(=O)CCC4(C)C3CCC12C. The van der Waals surface area contributed by atoms with E-state index < -0.39 is 47.8 Å². The van der Waals surface area contributed by atoms with Crippen LogP contribution in [-0.4, -0.2) is 48.2 Å². The highest BCUT2D eigenvalue weighted by Gasteiger charge is 2.77. The van der Waals surface area contributed by atoms with Crippen molar-refractivity contribution in [2.45, 2.75) is 103 Å². The number of rotatable bonds is 4. The van der Waals surface area contributed by atoms with E-state index in [1.165, 1.54) is 0 Å². The van der Waals surface area contributed by atoms with Crippen LogP contribution in [0.5, 0.6) is 0 Å². The van der Waals surface area contributed by atoms with E-state index in [1.807, 2.05) is 0 Å². The third-order valence-electron chi connectivity index (χ3n) is 9.93. The predicted molar refractivity (Wildman–Crippen MR) is 122 cm³/mol. The van der Waals surface area contributed by atoms with E-state index in [-0.39, 0.29) is 35.4 Å². The second-order valence-electron chi connectivity index (χ2n) is 12.0. The molecule has 0 aromatic rings. The predicted octanol–water partition coefficient (Wildman–Crippen LogP) is 4.42. The minimum Gasteiger partial charge on any atom is -0.428 e. The summed E-state index contributed by atoms with van der Waals surface area (Å²) in [5.74, 6) is -1.71. The summed E-state index contributed by atoms with van der Waals surface area (Å²) in [7, 11) is 0. The first-order valence-corrected chi connectivity index (χ1v) is 13.0. The summed E-state index contributed by atoms with van der Waals surface area (Å²) < 4.78 is 38.8. The molecule has 8 unspecified atom stereocenters. The molecule has 7 nitrogen and oxygen atoms in total. The molecular weight excluding hydrogens is 455 g/mol. The maximum Gasteiger partial charge on any atom is 0.344 e. The lowest BCUT2D eigenvalue weighted by Gasteiger charge is -2.59. The Hall–Kier alpha value is -1.80. The molecule has 0 aromatic heterocycles. The van der Waals surface area contributed by atoms with E-state index in [9.17, 15) is 14.4 Å². The zero-order valence-electron chi connectivity index (χ0n) is 21.4. The fourth-order valence-electron chi connectivity index (χ4n) is 8.37. The summed E-state index contributed by atoms with van der Waals surface area (Å²) in [6.45, 7) is 8.96. The summed E-state index contributed by atoms with van der Waals surface area (Å²) in [4.78, 5) is 37.3. The molecule has 4 aliphatic carbocycles. The van der Waals surface area contributed by atoms with Crippen molar-refractivity contribution in [1.29, 1.82) is 0 Å². The fraction of sp³-hybridized carbons (Fsp3) is 0.815. The van der Waals surface area contributed by atoms with E-state index in [4.69, 9.17) is 18.9 Å². The largest absolute Gasteiger partial charge is 0.428 e. The van der Waals surface area contributed by atoms with Gasteiger partial charge in [-0.1, -0.05) is 20.8 Å². The number of allylic oxidation sites excluding steroid dienone is 1. The Morgan fingerprint density at radius 2 is 1.86 bits per heavy atom. The third kappa shape index (κ3) is 3.45. The van der Waals surface area contributed by atoms with Gasteiger partial charge in [-0.25, -0.2) is 9.18 Å². The number of alkyl halides is 1. The average Bonchev–Trinajstić information content (AvgIpc) is 3.21. The Balaban J connectivity index is 1.48. The highest BCUT2D eigenvalue weighted by molar-refractivity contribution is 5.92. The molecule has 3 saturated carbocycles. The molecule has 0 spiro atoms. The summed E-state index contributed by atoms with van der Waals surface area (Å²) in [6.07, 6.45) is 3.60. The molecular formula is C27H37FO7. The maximum atomic E-state index is 15.6. The smallest absolute Gasteiger partial charge is 0.344 e. The molecule has 0 amide bonds. The average molecular weight is 493 g/mol. The monoisotopic (exact) mass is 492 g/mol. The number of ketones is 1. The van der Waals surface area contributed by atoms with Gasteiger partial charge in [-0.05, 0) is 80.8 Å². The molecule has 1 heterocycles. The van der Waals surface area contributed by atoms with Gasteiger partial charge in [0.2, 0.25) is 6.79 Å². The minimum absolute atomic E-state index is 0.00217. The van der Waals surface area contributed by atoms with Crippen LogP contribution in [0.4, 0.5) is 4.39 Å². The highest BCUT2D eigenvalue weighted by Crippen LogP contribution is 2.71. The first kappa shape index (κ1) is 24.9. The van der Waals surface area contributed by atoms with Crippen LogP contribution in [0, 0.1) is 28.6 Å². The Morgan fingerprint density at radius 1 is 1.11 bits per heavy atom. The summed E-state index contributed by atoms with van der Waals surface area (Å²) in [5, 5.41) is 0. The molecule has 4 fully saturated rings. The second kappa shape index (κ2) is 8.10. The van der Waals surface area contributed by atoms with Gasteiger partial charge < -0.3 is 18.9 Å². The number of hydrogen-bond donors (Lipinski definition) is 0. The first-order chi connectivity index (χ1) is 16.4. The van der Waals surface area contributed by atoms with Crippen LogP contribution in [0.3, 0.4) is 0 Å². The van der Waals surface area contributed by atoms with Crippen molar-refractivity contribution in [1.82, 2.24) is 0 Å². The zero-order chi connectivity index (χ0) is 25.4. The Labute approximate surface area is 206 Å². The van der Waals surface area contributed by atoms with Crippen LogP contribution < -0.4 is 0 Å². The Morgan fingerprint density at radius 3 is 2.57 bits per heavy atom. The van der Waals surface area contributed by atoms with Gasteiger partial charge >= 0.3 is 11.9 Å². The molecule has 8 atom stereocenters. The van der Waals surface area contributed by atoms with E-state index in [0.29, 0.717) is 37.7 Å². The number of fused-ring (bicyclic) bond motifs is 7. The second-order valence-corrected chi connectivity index (χ2v) is 12.0. The van der Waals surface area contributed by atoms with Gasteiger partial charge in [0.25, 0.3) is 0 Å². The number of hydrogen-bond acceptors (Lipinski definition) is 7. The van der Waals surface area contributed by atoms with E-state index in [0.717, 1.165) is 6.42 Å². The molecule has 1 aliphatic heterocycles. The van der Waals surface area contributed by atoms with Crippen LogP contribution in [0.25, 0.3) is 0 Å². The normalized spacial score (nSPS) is 45.5. The van der Waals surface area contributed by atoms with Crippen molar-refractivity contribution >= 4 is 17.7 Å². The van der Waals surface area contributed by atoms with Crippen molar-refractivity contribution in [3.8, 4) is 0 Å². The standard InChI is InChI=1S/C27H37FO7/c1-6-22(30)32-14-33-23(31)27-21(34-24(2,3)35-27)13-18-16-12-20(28)19-11-15(29)7-9-25(19,4)17(16)8-10-26(18,27)5/h11,16-18,20-21H,6-10,12-14H2,1-5H3. The van der Waals surface area contributed by atoms with Crippen LogP contribution in [0.1, 0.15) is 79.6 Å². The molecule has 0 N–H and O–H groups in total. The van der Waals surface area contributed by atoms with Crippen molar-refractivity contribution < 1.29 is 37.7 Å². The first-order valence-electron chi connectivity index (χ1n) is 13.0. The molecule has 5 rings (SSSR count). The van der Waals surface area contributed by atoms with Crippen LogP contribution >= 0.6 is 0 Å². The molecule has 0 bridgehead atoms. The van der Waals surface area contributed by atoms with Gasteiger partial charge in [0.05, 0.1) is 0 Å².